The topological polar surface area (TPSA) is 41.0 Å². The fourth-order valence-electron chi connectivity index (χ4n) is 1.06. The van der Waals surface area contributed by atoms with Crippen molar-refractivity contribution in [2.75, 3.05) is 25.5 Å². The second-order valence-electron chi connectivity index (χ2n) is 3.71. The van der Waals surface area contributed by atoms with E-state index in [0.29, 0.717) is 6.04 Å². The first-order valence-corrected chi connectivity index (χ1v) is 6.63. The molecule has 1 N–H and O–H groups in total. The highest BCUT2D eigenvalue weighted by atomic mass is 79.9. The predicted molar refractivity (Wildman–Crippen MR) is 68.5 cm³/mol. The second kappa shape index (κ2) is 6.40. The summed E-state index contributed by atoms with van der Waals surface area (Å²) in [6.07, 6.45) is 1.12. The maximum absolute atomic E-state index is 3.96. The molecule has 1 aromatic rings. The lowest BCUT2D eigenvalue weighted by atomic mass is 10.3. The van der Waals surface area contributed by atoms with Gasteiger partial charge in [-0.25, -0.2) is 0 Å². The molecule has 0 fully saturated rings. The molecule has 86 valence electrons. The van der Waals surface area contributed by atoms with Gasteiger partial charge in [0, 0.05) is 12.6 Å². The smallest absolute Gasteiger partial charge is 0.206 e. The summed E-state index contributed by atoms with van der Waals surface area (Å²) in [6.45, 7) is 6.45. The number of aromatic nitrogens is 2. The van der Waals surface area contributed by atoms with Crippen molar-refractivity contribution < 1.29 is 0 Å². The molecule has 0 aliphatic heterocycles. The van der Waals surface area contributed by atoms with Crippen molar-refractivity contribution in [3.05, 3.63) is 3.92 Å². The molecule has 1 heterocycles. The van der Waals surface area contributed by atoms with Crippen molar-refractivity contribution in [2.24, 2.45) is 0 Å². The van der Waals surface area contributed by atoms with E-state index < -0.39 is 0 Å². The third-order valence-electron chi connectivity index (χ3n) is 2.25. The minimum Gasteiger partial charge on any atom is -0.360 e. The number of halogens is 1. The summed E-state index contributed by atoms with van der Waals surface area (Å²) < 4.78 is 0.823. The fourth-order valence-corrected chi connectivity index (χ4v) is 2.10. The predicted octanol–water partition coefficient (Wildman–Crippen LogP) is 2.44. The van der Waals surface area contributed by atoms with Gasteiger partial charge in [0.1, 0.15) is 0 Å². The Labute approximate surface area is 103 Å². The highest BCUT2D eigenvalue weighted by Crippen LogP contribution is 2.19. The average Bonchev–Trinajstić information content (AvgIpc) is 2.58. The molecule has 0 atom stereocenters. The Morgan fingerprint density at radius 3 is 2.73 bits per heavy atom. The van der Waals surface area contributed by atoms with Crippen molar-refractivity contribution in [2.45, 2.75) is 26.3 Å². The van der Waals surface area contributed by atoms with Crippen molar-refractivity contribution in [1.82, 2.24) is 15.1 Å². The van der Waals surface area contributed by atoms with E-state index in [9.17, 15) is 0 Å². The maximum Gasteiger partial charge on any atom is 0.206 e. The van der Waals surface area contributed by atoms with Gasteiger partial charge in [-0.15, -0.1) is 10.2 Å². The monoisotopic (exact) mass is 292 g/mol. The summed E-state index contributed by atoms with van der Waals surface area (Å²) in [5, 5.41) is 12.0. The molecule has 0 unspecified atom stereocenters. The van der Waals surface area contributed by atoms with Gasteiger partial charge in [0.15, 0.2) is 3.92 Å². The van der Waals surface area contributed by atoms with Crippen LogP contribution < -0.4 is 5.32 Å². The van der Waals surface area contributed by atoms with Crippen LogP contribution in [0.5, 0.6) is 0 Å². The van der Waals surface area contributed by atoms with E-state index >= 15 is 0 Å². The summed E-state index contributed by atoms with van der Waals surface area (Å²) >= 11 is 4.80. The van der Waals surface area contributed by atoms with Gasteiger partial charge in [-0.3, -0.25) is 0 Å². The van der Waals surface area contributed by atoms with Crippen LogP contribution in [0.25, 0.3) is 0 Å². The molecule has 0 saturated carbocycles. The van der Waals surface area contributed by atoms with Crippen molar-refractivity contribution in [3.8, 4) is 0 Å². The van der Waals surface area contributed by atoms with Crippen LogP contribution in [0.1, 0.15) is 20.3 Å². The van der Waals surface area contributed by atoms with Gasteiger partial charge >= 0.3 is 0 Å². The minimum atomic E-state index is 0.612. The number of rotatable bonds is 6. The maximum atomic E-state index is 3.96. The third-order valence-corrected chi connectivity index (χ3v) is 3.56. The number of anilines is 1. The Morgan fingerprint density at radius 1 is 1.47 bits per heavy atom. The molecule has 6 heteroatoms. The van der Waals surface area contributed by atoms with Crippen LogP contribution in [0.4, 0.5) is 5.13 Å². The van der Waals surface area contributed by atoms with Gasteiger partial charge in [0.2, 0.25) is 5.13 Å². The molecule has 1 aromatic heterocycles. The molecule has 0 bridgehead atoms. The van der Waals surface area contributed by atoms with Crippen LogP contribution in [-0.2, 0) is 0 Å². The summed E-state index contributed by atoms with van der Waals surface area (Å²) in [5.41, 5.74) is 0. The lowest BCUT2D eigenvalue weighted by Crippen LogP contribution is -2.28. The summed E-state index contributed by atoms with van der Waals surface area (Å²) in [5.74, 6) is 0. The summed E-state index contributed by atoms with van der Waals surface area (Å²) in [7, 11) is 2.15. The van der Waals surface area contributed by atoms with Crippen molar-refractivity contribution in [1.29, 1.82) is 0 Å². The van der Waals surface area contributed by atoms with Crippen LogP contribution in [0.15, 0.2) is 3.92 Å². The average molecular weight is 293 g/mol. The molecule has 1 rings (SSSR count). The third kappa shape index (κ3) is 4.90. The molecular weight excluding hydrogens is 276 g/mol. The summed E-state index contributed by atoms with van der Waals surface area (Å²) in [4.78, 5) is 2.33. The highest BCUT2D eigenvalue weighted by molar-refractivity contribution is 9.11. The Bertz CT molecular complexity index is 289. The first-order valence-electron chi connectivity index (χ1n) is 5.02. The lowest BCUT2D eigenvalue weighted by Gasteiger charge is -2.20. The van der Waals surface area contributed by atoms with Gasteiger partial charge in [-0.2, -0.15) is 0 Å². The standard InChI is InChI=1S/C9H17BrN4S/c1-7(2)14(3)6-4-5-11-9-13-12-8(10)15-9/h7H,4-6H2,1-3H3,(H,11,13). The largest absolute Gasteiger partial charge is 0.360 e. The normalized spacial score (nSPS) is 11.3. The fraction of sp³-hybridized carbons (Fsp3) is 0.778. The van der Waals surface area contributed by atoms with E-state index in [1.54, 1.807) is 0 Å². The molecule has 0 aliphatic rings. The van der Waals surface area contributed by atoms with Gasteiger partial charge in [0.05, 0.1) is 0 Å². The number of hydrogen-bond donors (Lipinski definition) is 1. The van der Waals surface area contributed by atoms with Crippen LogP contribution in [-0.4, -0.2) is 41.3 Å². The molecule has 0 saturated heterocycles. The first-order chi connectivity index (χ1) is 7.09. The number of hydrogen-bond acceptors (Lipinski definition) is 5. The van der Waals surface area contributed by atoms with Crippen LogP contribution in [0.3, 0.4) is 0 Å². The molecule has 0 aromatic carbocycles. The second-order valence-corrected chi connectivity index (χ2v) is 5.97. The Balaban J connectivity index is 2.12. The van der Waals surface area contributed by atoms with Gasteiger partial charge in [0.25, 0.3) is 0 Å². The van der Waals surface area contributed by atoms with Crippen LogP contribution in [0, 0.1) is 0 Å². The molecule has 15 heavy (non-hydrogen) atoms. The van der Waals surface area contributed by atoms with E-state index in [4.69, 9.17) is 0 Å². The Kier molecular flexibility index (Phi) is 5.49. The van der Waals surface area contributed by atoms with E-state index in [0.717, 1.165) is 28.6 Å². The van der Waals surface area contributed by atoms with Crippen molar-refractivity contribution >= 4 is 32.4 Å². The number of nitrogens with zero attached hydrogens (tertiary/aromatic N) is 3. The highest BCUT2D eigenvalue weighted by Gasteiger charge is 2.03. The molecule has 0 spiro atoms. The van der Waals surface area contributed by atoms with Crippen molar-refractivity contribution in [3.63, 3.8) is 0 Å². The Hall–Kier alpha value is -0.200. The lowest BCUT2D eigenvalue weighted by molar-refractivity contribution is 0.273. The van der Waals surface area contributed by atoms with E-state index in [-0.39, 0.29) is 0 Å². The summed E-state index contributed by atoms with van der Waals surface area (Å²) in [6, 6.07) is 0.612. The molecule has 0 amide bonds. The zero-order valence-corrected chi connectivity index (χ0v) is 11.7. The molecule has 0 aliphatic carbocycles. The number of nitrogens with one attached hydrogen (secondary N) is 1. The zero-order valence-electron chi connectivity index (χ0n) is 9.33. The van der Waals surface area contributed by atoms with E-state index in [2.05, 4.69) is 57.2 Å². The van der Waals surface area contributed by atoms with Crippen LogP contribution in [0.2, 0.25) is 0 Å². The Morgan fingerprint density at radius 2 is 2.20 bits per heavy atom. The minimum absolute atomic E-state index is 0.612. The first kappa shape index (κ1) is 12.9. The quantitative estimate of drug-likeness (QED) is 0.818. The van der Waals surface area contributed by atoms with Crippen LogP contribution >= 0.6 is 27.3 Å². The van der Waals surface area contributed by atoms with E-state index in [1.807, 2.05) is 0 Å². The SMILES string of the molecule is CC(C)N(C)CCCNc1nnc(Br)s1. The zero-order chi connectivity index (χ0) is 11.3. The molecule has 4 nitrogen and oxygen atoms in total. The van der Waals surface area contributed by atoms with E-state index in [1.165, 1.54) is 11.3 Å². The molecular formula is C9H17BrN4S. The van der Waals surface area contributed by atoms with Gasteiger partial charge in [-0.05, 0) is 49.8 Å². The molecule has 0 radical (unpaired) electrons. The van der Waals surface area contributed by atoms with Gasteiger partial charge in [-0.1, -0.05) is 11.3 Å². The van der Waals surface area contributed by atoms with Gasteiger partial charge < -0.3 is 10.2 Å².